The first kappa shape index (κ1) is 12.7. The number of aromatic nitrogens is 1. The minimum atomic E-state index is -0.535. The molecule has 0 atom stereocenters. The molecule has 0 saturated heterocycles. The van der Waals surface area contributed by atoms with Crippen molar-refractivity contribution >= 4 is 5.91 Å². The van der Waals surface area contributed by atoms with Gasteiger partial charge in [-0.25, -0.2) is 0 Å². The van der Waals surface area contributed by atoms with Gasteiger partial charge in [-0.15, -0.1) is 0 Å². The van der Waals surface area contributed by atoms with E-state index in [9.17, 15) is 14.7 Å². The lowest BCUT2D eigenvalue weighted by Crippen LogP contribution is -2.78. The Morgan fingerprint density at radius 2 is 2.10 bits per heavy atom. The van der Waals surface area contributed by atoms with Crippen LogP contribution in [0.1, 0.15) is 29.8 Å². The molecule has 7 heteroatoms. The molecule has 1 aliphatic heterocycles. The minimum Gasteiger partial charge on any atom is -0.502 e. The molecule has 2 heterocycles. The lowest BCUT2D eigenvalue weighted by molar-refractivity contribution is -0.225. The zero-order valence-electron chi connectivity index (χ0n) is 11.8. The molecular formula is C14H17N3O4. The van der Waals surface area contributed by atoms with Crippen LogP contribution in [0.5, 0.6) is 5.75 Å². The monoisotopic (exact) mass is 291 g/mol. The fourth-order valence-electron chi connectivity index (χ4n) is 4.28. The average Bonchev–Trinajstić information content (AvgIpc) is 2.37. The van der Waals surface area contributed by atoms with E-state index in [1.165, 1.54) is 16.9 Å². The highest BCUT2D eigenvalue weighted by atomic mass is 16.5. The number of hydrogen-bond acceptors (Lipinski definition) is 5. The molecule has 0 aromatic carbocycles. The van der Waals surface area contributed by atoms with E-state index in [0.29, 0.717) is 6.67 Å². The van der Waals surface area contributed by atoms with E-state index in [1.54, 1.807) is 12.0 Å². The van der Waals surface area contributed by atoms with Crippen molar-refractivity contribution in [2.75, 3.05) is 25.8 Å². The zero-order valence-corrected chi connectivity index (χ0v) is 11.8. The summed E-state index contributed by atoms with van der Waals surface area (Å²) in [6.45, 7) is 1.11. The van der Waals surface area contributed by atoms with Gasteiger partial charge >= 0.3 is 0 Å². The molecule has 3 aliphatic carbocycles. The maximum absolute atomic E-state index is 12.7. The largest absolute Gasteiger partial charge is 0.502 e. The Morgan fingerprint density at radius 1 is 1.38 bits per heavy atom. The second-order valence-electron chi connectivity index (χ2n) is 6.48. The zero-order chi connectivity index (χ0) is 14.8. The van der Waals surface area contributed by atoms with Crippen molar-refractivity contribution in [2.24, 2.45) is 5.41 Å². The fourth-order valence-corrected chi connectivity index (χ4v) is 4.28. The van der Waals surface area contributed by atoms with Crippen LogP contribution in [0.2, 0.25) is 0 Å². The smallest absolute Gasteiger partial charge is 0.278 e. The molecule has 4 aliphatic rings. The lowest BCUT2D eigenvalue weighted by Gasteiger charge is -2.73. The van der Waals surface area contributed by atoms with E-state index >= 15 is 0 Å². The number of methoxy groups -OCH3 is 1. The third kappa shape index (κ3) is 1.47. The van der Waals surface area contributed by atoms with Gasteiger partial charge in [0, 0.05) is 30.3 Å². The Morgan fingerprint density at radius 3 is 2.76 bits per heavy atom. The van der Waals surface area contributed by atoms with Crippen molar-refractivity contribution in [3.63, 3.8) is 0 Å². The SMILES string of the molecule is COCC12CC(N3CNn4ccc(=O)c(O)c4C3=O)(C1)C2. The molecule has 2 N–H and O–H groups in total. The quantitative estimate of drug-likeness (QED) is 0.824. The summed E-state index contributed by atoms with van der Waals surface area (Å²) >= 11 is 0. The van der Waals surface area contributed by atoms with Gasteiger partial charge in [0.25, 0.3) is 5.91 Å². The van der Waals surface area contributed by atoms with Crippen molar-refractivity contribution in [2.45, 2.75) is 24.8 Å². The molecule has 1 aromatic heterocycles. The highest BCUT2D eigenvalue weighted by Gasteiger charge is 2.71. The molecule has 1 amide bonds. The van der Waals surface area contributed by atoms with Gasteiger partial charge in [0.15, 0.2) is 11.4 Å². The Hall–Kier alpha value is -2.02. The van der Waals surface area contributed by atoms with Crippen LogP contribution in [0.25, 0.3) is 0 Å². The van der Waals surface area contributed by atoms with E-state index in [-0.39, 0.29) is 22.6 Å². The van der Waals surface area contributed by atoms with Gasteiger partial charge in [-0.05, 0) is 19.3 Å². The number of pyridine rings is 1. The average molecular weight is 291 g/mol. The molecule has 0 radical (unpaired) electrons. The van der Waals surface area contributed by atoms with Gasteiger partial charge in [-0.3, -0.25) is 14.3 Å². The molecule has 7 nitrogen and oxygen atoms in total. The second kappa shape index (κ2) is 3.79. The van der Waals surface area contributed by atoms with Crippen LogP contribution in [-0.4, -0.2) is 46.5 Å². The predicted octanol–water partition coefficient (Wildman–Crippen LogP) is 0.0798. The Kier molecular flexibility index (Phi) is 2.29. The standard InChI is InChI=1S/C14H17N3O4/c1-21-7-13-4-14(5-13,6-13)16-8-15-17-3-2-9(18)11(19)10(17)12(16)20/h2-3,15,19H,4-8H2,1H3. The number of fused-ring (bicyclic) bond motifs is 1. The van der Waals surface area contributed by atoms with Crippen LogP contribution in [0.15, 0.2) is 17.1 Å². The van der Waals surface area contributed by atoms with Crippen molar-refractivity contribution in [3.05, 3.63) is 28.2 Å². The van der Waals surface area contributed by atoms with Crippen LogP contribution >= 0.6 is 0 Å². The maximum Gasteiger partial charge on any atom is 0.278 e. The van der Waals surface area contributed by atoms with Crippen LogP contribution in [0, 0.1) is 5.41 Å². The number of carbonyl (C=O) groups is 1. The van der Waals surface area contributed by atoms with Crippen LogP contribution in [0.3, 0.4) is 0 Å². The molecular weight excluding hydrogens is 274 g/mol. The van der Waals surface area contributed by atoms with E-state index in [4.69, 9.17) is 4.74 Å². The third-order valence-electron chi connectivity index (χ3n) is 5.06. The van der Waals surface area contributed by atoms with Gasteiger partial charge in [-0.1, -0.05) is 0 Å². The summed E-state index contributed by atoms with van der Waals surface area (Å²) in [6.07, 6.45) is 4.26. The number of ether oxygens (including phenoxy) is 1. The summed E-state index contributed by atoms with van der Waals surface area (Å²) in [6, 6.07) is 1.24. The van der Waals surface area contributed by atoms with Gasteiger partial charge in [0.1, 0.15) is 6.67 Å². The van der Waals surface area contributed by atoms with Gasteiger partial charge in [-0.2, -0.15) is 0 Å². The highest BCUT2D eigenvalue weighted by molar-refractivity contribution is 5.96. The summed E-state index contributed by atoms with van der Waals surface area (Å²) in [4.78, 5) is 25.9. The Bertz CT molecular complexity index is 676. The van der Waals surface area contributed by atoms with Crippen molar-refractivity contribution in [3.8, 4) is 5.75 Å². The molecule has 0 unspecified atom stereocenters. The lowest BCUT2D eigenvalue weighted by atomic mass is 9.39. The molecule has 0 spiro atoms. The van der Waals surface area contributed by atoms with Gasteiger partial charge in [0.05, 0.1) is 6.61 Å². The van der Waals surface area contributed by atoms with Gasteiger partial charge in [0.2, 0.25) is 5.43 Å². The Balaban J connectivity index is 1.63. The number of carbonyl (C=O) groups excluding carboxylic acids is 1. The van der Waals surface area contributed by atoms with Crippen LogP contribution < -0.4 is 10.9 Å². The number of nitrogens with zero attached hydrogens (tertiary/aromatic N) is 2. The van der Waals surface area contributed by atoms with E-state index in [0.717, 1.165) is 25.9 Å². The molecule has 3 saturated carbocycles. The number of rotatable bonds is 3. The molecule has 21 heavy (non-hydrogen) atoms. The van der Waals surface area contributed by atoms with Crippen LogP contribution in [-0.2, 0) is 4.74 Å². The second-order valence-corrected chi connectivity index (χ2v) is 6.48. The van der Waals surface area contributed by atoms with Crippen molar-refractivity contribution in [1.29, 1.82) is 0 Å². The summed E-state index contributed by atoms with van der Waals surface area (Å²) in [5.41, 5.74) is 2.63. The van der Waals surface area contributed by atoms with E-state index < -0.39 is 11.2 Å². The fraction of sp³-hybridized carbons (Fsp3) is 0.571. The first-order valence-electron chi connectivity index (χ1n) is 7.00. The Labute approximate surface area is 121 Å². The summed E-state index contributed by atoms with van der Waals surface area (Å²) in [5.74, 6) is -0.771. The summed E-state index contributed by atoms with van der Waals surface area (Å²) in [7, 11) is 1.70. The normalized spacial score (nSPS) is 32.8. The maximum atomic E-state index is 12.7. The molecule has 3 fully saturated rings. The predicted molar refractivity (Wildman–Crippen MR) is 73.7 cm³/mol. The molecule has 112 valence electrons. The minimum absolute atomic E-state index is 0.0271. The number of hydrogen-bond donors (Lipinski definition) is 2. The summed E-state index contributed by atoms with van der Waals surface area (Å²) in [5, 5.41) is 9.89. The molecule has 1 aromatic rings. The van der Waals surface area contributed by atoms with Crippen molar-refractivity contribution < 1.29 is 14.6 Å². The molecule has 2 bridgehead atoms. The number of aromatic hydroxyl groups is 1. The summed E-state index contributed by atoms with van der Waals surface area (Å²) < 4.78 is 6.66. The first-order valence-corrected chi connectivity index (χ1v) is 7.00. The number of amides is 1. The van der Waals surface area contributed by atoms with E-state index in [2.05, 4.69) is 5.43 Å². The first-order chi connectivity index (χ1) is 10.0. The van der Waals surface area contributed by atoms with Crippen LogP contribution in [0.4, 0.5) is 0 Å². The third-order valence-corrected chi connectivity index (χ3v) is 5.06. The van der Waals surface area contributed by atoms with Gasteiger partial charge < -0.3 is 20.2 Å². The highest BCUT2D eigenvalue weighted by Crippen LogP contribution is 2.70. The topological polar surface area (TPSA) is 83.8 Å². The molecule has 5 rings (SSSR count). The number of nitrogens with one attached hydrogen (secondary N) is 1. The van der Waals surface area contributed by atoms with Crippen molar-refractivity contribution in [1.82, 2.24) is 9.58 Å². The van der Waals surface area contributed by atoms with E-state index in [1.807, 2.05) is 0 Å².